The molecule has 16 heavy (non-hydrogen) atoms. The summed E-state index contributed by atoms with van der Waals surface area (Å²) in [4.78, 5) is 11.5. The third-order valence-electron chi connectivity index (χ3n) is 2.43. The SMILES string of the molecule is O=C1OCc2onc(-c3ccccc3Cl)c21. The number of carbonyl (C=O) groups excluding carboxylic acids is 1. The van der Waals surface area contributed by atoms with Gasteiger partial charge in [-0.2, -0.15) is 0 Å². The van der Waals surface area contributed by atoms with Crippen LogP contribution >= 0.6 is 11.6 Å². The average molecular weight is 236 g/mol. The van der Waals surface area contributed by atoms with Gasteiger partial charge >= 0.3 is 5.97 Å². The number of nitrogens with zero attached hydrogens (tertiary/aromatic N) is 1. The van der Waals surface area contributed by atoms with E-state index in [1.165, 1.54) is 0 Å². The molecule has 2 heterocycles. The second kappa shape index (κ2) is 3.35. The van der Waals surface area contributed by atoms with Crippen LogP contribution in [-0.2, 0) is 11.3 Å². The van der Waals surface area contributed by atoms with Crippen LogP contribution in [0.3, 0.4) is 0 Å². The first-order chi connectivity index (χ1) is 7.77. The lowest BCUT2D eigenvalue weighted by Crippen LogP contribution is -1.96. The molecule has 2 aromatic rings. The Balaban J connectivity index is 2.22. The largest absolute Gasteiger partial charge is 0.454 e. The van der Waals surface area contributed by atoms with Crippen LogP contribution in [0.1, 0.15) is 16.1 Å². The van der Waals surface area contributed by atoms with Crippen LogP contribution in [0, 0.1) is 0 Å². The van der Waals surface area contributed by atoms with Crippen LogP contribution in [0.4, 0.5) is 0 Å². The Hall–Kier alpha value is -1.81. The van der Waals surface area contributed by atoms with Crippen molar-refractivity contribution in [1.29, 1.82) is 0 Å². The standard InChI is InChI=1S/C11H6ClNO3/c12-7-4-2-1-3-6(7)10-9-8(16-13-10)5-15-11(9)14/h1-4H,5H2. The van der Waals surface area contributed by atoms with Gasteiger partial charge in [0.2, 0.25) is 0 Å². The second-order valence-corrected chi connectivity index (χ2v) is 3.79. The Labute approximate surface area is 95.8 Å². The molecule has 1 aromatic carbocycles. The van der Waals surface area contributed by atoms with Crippen LogP contribution < -0.4 is 0 Å². The summed E-state index contributed by atoms with van der Waals surface area (Å²) in [5, 5.41) is 4.39. The molecular formula is C11H6ClNO3. The number of cyclic esters (lactones) is 1. The molecule has 0 spiro atoms. The zero-order valence-electron chi connectivity index (χ0n) is 8.07. The van der Waals surface area contributed by atoms with E-state index in [9.17, 15) is 4.79 Å². The number of hydrogen-bond acceptors (Lipinski definition) is 4. The molecule has 0 fully saturated rings. The van der Waals surface area contributed by atoms with E-state index in [2.05, 4.69) is 5.16 Å². The van der Waals surface area contributed by atoms with Crippen molar-refractivity contribution < 1.29 is 14.1 Å². The van der Waals surface area contributed by atoms with Crippen molar-refractivity contribution >= 4 is 17.6 Å². The van der Waals surface area contributed by atoms with E-state index in [4.69, 9.17) is 20.9 Å². The highest BCUT2D eigenvalue weighted by Crippen LogP contribution is 2.34. The van der Waals surface area contributed by atoms with Gasteiger partial charge in [0.25, 0.3) is 0 Å². The summed E-state index contributed by atoms with van der Waals surface area (Å²) < 4.78 is 9.88. The number of ether oxygens (including phenoxy) is 1. The summed E-state index contributed by atoms with van der Waals surface area (Å²) in [7, 11) is 0. The molecule has 4 nitrogen and oxygen atoms in total. The predicted molar refractivity (Wildman–Crippen MR) is 56.1 cm³/mol. The first kappa shape index (κ1) is 9.42. The Bertz CT molecular complexity index is 576. The van der Waals surface area contributed by atoms with Crippen molar-refractivity contribution in [3.8, 4) is 11.3 Å². The predicted octanol–water partition coefficient (Wildman–Crippen LogP) is 2.67. The van der Waals surface area contributed by atoms with Gasteiger partial charge in [0.15, 0.2) is 12.4 Å². The minimum absolute atomic E-state index is 0.144. The quantitative estimate of drug-likeness (QED) is 0.713. The molecular weight excluding hydrogens is 230 g/mol. The molecule has 1 aliphatic heterocycles. The van der Waals surface area contributed by atoms with Gasteiger partial charge in [0.05, 0.1) is 5.02 Å². The lowest BCUT2D eigenvalue weighted by molar-refractivity contribution is 0.0514. The van der Waals surface area contributed by atoms with Crippen molar-refractivity contribution in [2.45, 2.75) is 6.61 Å². The van der Waals surface area contributed by atoms with E-state index in [0.717, 1.165) is 0 Å². The average Bonchev–Trinajstić information content (AvgIpc) is 2.83. The third-order valence-corrected chi connectivity index (χ3v) is 2.76. The number of esters is 1. The Morgan fingerprint density at radius 3 is 2.94 bits per heavy atom. The van der Waals surface area contributed by atoms with Crippen molar-refractivity contribution in [1.82, 2.24) is 5.16 Å². The van der Waals surface area contributed by atoms with E-state index in [1.807, 2.05) is 12.1 Å². The molecule has 80 valence electrons. The number of benzene rings is 1. The summed E-state index contributed by atoms with van der Waals surface area (Å²) in [5.41, 5.74) is 1.50. The van der Waals surface area contributed by atoms with Gasteiger partial charge in [0, 0.05) is 5.56 Å². The van der Waals surface area contributed by atoms with E-state index in [-0.39, 0.29) is 6.61 Å². The molecule has 0 bridgehead atoms. The van der Waals surface area contributed by atoms with Crippen molar-refractivity contribution in [3.05, 3.63) is 40.6 Å². The number of fused-ring (bicyclic) bond motifs is 1. The van der Waals surface area contributed by atoms with Crippen LogP contribution in [0.15, 0.2) is 28.8 Å². The molecule has 0 atom stereocenters. The summed E-state index contributed by atoms with van der Waals surface area (Å²) in [6, 6.07) is 7.15. The molecule has 0 saturated heterocycles. The molecule has 5 heteroatoms. The zero-order chi connectivity index (χ0) is 11.1. The second-order valence-electron chi connectivity index (χ2n) is 3.39. The van der Waals surface area contributed by atoms with Crippen molar-refractivity contribution in [3.63, 3.8) is 0 Å². The lowest BCUT2D eigenvalue weighted by Gasteiger charge is -1.99. The topological polar surface area (TPSA) is 52.3 Å². The van der Waals surface area contributed by atoms with Gasteiger partial charge in [-0.25, -0.2) is 4.79 Å². The van der Waals surface area contributed by atoms with Gasteiger partial charge in [-0.05, 0) is 6.07 Å². The first-order valence-electron chi connectivity index (χ1n) is 4.68. The summed E-state index contributed by atoms with van der Waals surface area (Å²) >= 11 is 6.03. The van der Waals surface area contributed by atoms with Crippen LogP contribution in [0.2, 0.25) is 5.02 Å². The summed E-state index contributed by atoms with van der Waals surface area (Å²) in [6.07, 6.45) is 0. The molecule has 0 radical (unpaired) electrons. The van der Waals surface area contributed by atoms with Gasteiger partial charge in [-0.1, -0.05) is 35.0 Å². The van der Waals surface area contributed by atoms with E-state index >= 15 is 0 Å². The van der Waals surface area contributed by atoms with Gasteiger partial charge < -0.3 is 9.26 Å². The molecule has 0 unspecified atom stereocenters. The van der Waals surface area contributed by atoms with Crippen LogP contribution in [-0.4, -0.2) is 11.1 Å². The maximum absolute atomic E-state index is 11.5. The Morgan fingerprint density at radius 1 is 1.31 bits per heavy atom. The number of aromatic nitrogens is 1. The zero-order valence-corrected chi connectivity index (χ0v) is 8.82. The highest BCUT2D eigenvalue weighted by molar-refractivity contribution is 6.33. The highest BCUT2D eigenvalue weighted by Gasteiger charge is 2.31. The first-order valence-corrected chi connectivity index (χ1v) is 5.06. The molecule has 1 aliphatic rings. The summed E-state index contributed by atoms with van der Waals surface area (Å²) in [6.45, 7) is 0.144. The minimum atomic E-state index is -0.411. The van der Waals surface area contributed by atoms with Gasteiger partial charge in [-0.3, -0.25) is 0 Å². The fraction of sp³-hybridized carbons (Fsp3) is 0.0909. The molecule has 0 aliphatic carbocycles. The number of carbonyl (C=O) groups is 1. The molecule has 3 rings (SSSR count). The maximum Gasteiger partial charge on any atom is 0.344 e. The van der Waals surface area contributed by atoms with Crippen LogP contribution in [0.5, 0.6) is 0 Å². The monoisotopic (exact) mass is 235 g/mol. The van der Waals surface area contributed by atoms with Gasteiger partial charge in [-0.15, -0.1) is 0 Å². The van der Waals surface area contributed by atoms with E-state index in [0.29, 0.717) is 27.6 Å². The van der Waals surface area contributed by atoms with Crippen LogP contribution in [0.25, 0.3) is 11.3 Å². The smallest absolute Gasteiger partial charge is 0.344 e. The summed E-state index contributed by atoms with van der Waals surface area (Å²) in [5.74, 6) is 0.0473. The van der Waals surface area contributed by atoms with Gasteiger partial charge in [0.1, 0.15) is 11.3 Å². The Morgan fingerprint density at radius 2 is 2.12 bits per heavy atom. The fourth-order valence-corrected chi connectivity index (χ4v) is 1.90. The Kier molecular flexibility index (Phi) is 1.97. The van der Waals surface area contributed by atoms with E-state index in [1.54, 1.807) is 12.1 Å². The fourth-order valence-electron chi connectivity index (χ4n) is 1.67. The lowest BCUT2D eigenvalue weighted by atomic mass is 10.1. The molecule has 1 aromatic heterocycles. The molecule has 0 N–H and O–H groups in total. The molecule has 0 amide bonds. The van der Waals surface area contributed by atoms with E-state index < -0.39 is 5.97 Å². The van der Waals surface area contributed by atoms with Crippen molar-refractivity contribution in [2.75, 3.05) is 0 Å². The third kappa shape index (κ3) is 1.23. The highest BCUT2D eigenvalue weighted by atomic mass is 35.5. The maximum atomic E-state index is 11.5. The number of hydrogen-bond donors (Lipinski definition) is 0. The molecule has 0 saturated carbocycles. The minimum Gasteiger partial charge on any atom is -0.454 e. The number of halogens is 1. The van der Waals surface area contributed by atoms with Crippen molar-refractivity contribution in [2.24, 2.45) is 0 Å². The normalized spacial score (nSPS) is 13.7. The number of rotatable bonds is 1.